The third kappa shape index (κ3) is 3.01. The molecule has 0 unspecified atom stereocenters. The zero-order valence-electron chi connectivity index (χ0n) is 12.3. The molecule has 2 aromatic rings. The van der Waals surface area contributed by atoms with Gasteiger partial charge in [-0.25, -0.2) is 4.98 Å². The summed E-state index contributed by atoms with van der Waals surface area (Å²) in [5.74, 6) is 2.74. The van der Waals surface area contributed by atoms with Crippen LogP contribution in [0.5, 0.6) is 0 Å². The van der Waals surface area contributed by atoms with Crippen molar-refractivity contribution < 1.29 is 0 Å². The summed E-state index contributed by atoms with van der Waals surface area (Å²) in [5.41, 5.74) is 0. The Kier molecular flexibility index (Phi) is 3.81. The molecule has 0 aromatic carbocycles. The molecule has 0 spiro atoms. The Balaban J connectivity index is 1.63. The van der Waals surface area contributed by atoms with Crippen molar-refractivity contribution in [3.63, 3.8) is 0 Å². The second-order valence-electron chi connectivity index (χ2n) is 5.18. The molecular formula is C14H19N7. The SMILES string of the molecule is CN(C)c1ccc(N2CCN(c3cnccn3)CC2)nn1. The van der Waals surface area contributed by atoms with E-state index in [1.807, 2.05) is 31.1 Å². The van der Waals surface area contributed by atoms with Gasteiger partial charge in [0.05, 0.1) is 6.20 Å². The molecule has 0 aliphatic carbocycles. The lowest BCUT2D eigenvalue weighted by Crippen LogP contribution is -2.47. The Morgan fingerprint density at radius 2 is 1.62 bits per heavy atom. The average Bonchev–Trinajstić information content (AvgIpc) is 2.56. The minimum atomic E-state index is 0.872. The summed E-state index contributed by atoms with van der Waals surface area (Å²) in [7, 11) is 3.92. The lowest BCUT2D eigenvalue weighted by molar-refractivity contribution is 0.637. The quantitative estimate of drug-likeness (QED) is 0.821. The smallest absolute Gasteiger partial charge is 0.151 e. The highest BCUT2D eigenvalue weighted by Crippen LogP contribution is 2.17. The highest BCUT2D eigenvalue weighted by molar-refractivity contribution is 5.46. The largest absolute Gasteiger partial charge is 0.361 e. The molecule has 1 saturated heterocycles. The van der Waals surface area contributed by atoms with Crippen molar-refractivity contribution >= 4 is 17.5 Å². The number of anilines is 3. The van der Waals surface area contributed by atoms with Crippen LogP contribution in [0.3, 0.4) is 0 Å². The van der Waals surface area contributed by atoms with Gasteiger partial charge in [-0.3, -0.25) is 4.98 Å². The highest BCUT2D eigenvalue weighted by atomic mass is 15.3. The summed E-state index contributed by atoms with van der Waals surface area (Å²) in [5, 5.41) is 8.54. The Hall–Kier alpha value is -2.44. The number of nitrogens with zero attached hydrogens (tertiary/aromatic N) is 7. The molecule has 21 heavy (non-hydrogen) atoms. The predicted octanol–water partition coefficient (Wildman–Crippen LogP) is 0.659. The van der Waals surface area contributed by atoms with Gasteiger partial charge < -0.3 is 14.7 Å². The molecule has 2 aromatic heterocycles. The third-order valence-corrected chi connectivity index (χ3v) is 3.57. The molecule has 0 atom stereocenters. The first-order valence-corrected chi connectivity index (χ1v) is 7.01. The van der Waals surface area contributed by atoms with Crippen LogP contribution in [0.25, 0.3) is 0 Å². The van der Waals surface area contributed by atoms with Crippen LogP contribution < -0.4 is 14.7 Å². The maximum absolute atomic E-state index is 4.34. The van der Waals surface area contributed by atoms with Crippen LogP contribution in [-0.2, 0) is 0 Å². The van der Waals surface area contributed by atoms with Crippen LogP contribution in [0.4, 0.5) is 17.5 Å². The summed E-state index contributed by atoms with van der Waals surface area (Å²) >= 11 is 0. The van der Waals surface area contributed by atoms with Crippen molar-refractivity contribution in [2.45, 2.75) is 0 Å². The van der Waals surface area contributed by atoms with Crippen molar-refractivity contribution in [3.8, 4) is 0 Å². The number of rotatable bonds is 3. The Bertz CT molecular complexity index is 562. The van der Waals surface area contributed by atoms with Crippen molar-refractivity contribution in [1.82, 2.24) is 20.2 Å². The molecule has 1 fully saturated rings. The standard InChI is InChI=1S/C14H19N7/c1-19(2)12-3-4-13(18-17-12)20-7-9-21(10-8-20)14-11-15-5-6-16-14/h3-6,11H,7-10H2,1-2H3. The van der Waals surface area contributed by atoms with Gasteiger partial charge in [-0.15, -0.1) is 10.2 Å². The maximum atomic E-state index is 4.34. The van der Waals surface area contributed by atoms with Gasteiger partial charge in [-0.05, 0) is 12.1 Å². The molecule has 3 heterocycles. The molecule has 0 bridgehead atoms. The van der Waals surface area contributed by atoms with Gasteiger partial charge in [0.15, 0.2) is 11.6 Å². The van der Waals surface area contributed by atoms with Gasteiger partial charge in [0.1, 0.15) is 5.82 Å². The number of aromatic nitrogens is 4. The topological polar surface area (TPSA) is 61.3 Å². The van der Waals surface area contributed by atoms with E-state index in [4.69, 9.17) is 0 Å². The molecule has 7 heteroatoms. The van der Waals surface area contributed by atoms with Crippen molar-refractivity contribution in [3.05, 3.63) is 30.7 Å². The molecule has 0 radical (unpaired) electrons. The first-order chi connectivity index (χ1) is 10.2. The molecule has 0 amide bonds. The van der Waals surface area contributed by atoms with E-state index in [1.54, 1.807) is 18.6 Å². The summed E-state index contributed by atoms with van der Waals surface area (Å²) in [4.78, 5) is 14.9. The van der Waals surface area contributed by atoms with Gasteiger partial charge in [0.2, 0.25) is 0 Å². The fourth-order valence-corrected chi connectivity index (χ4v) is 2.34. The first kappa shape index (κ1) is 13.5. The maximum Gasteiger partial charge on any atom is 0.151 e. The Labute approximate surface area is 124 Å². The zero-order valence-corrected chi connectivity index (χ0v) is 12.3. The summed E-state index contributed by atoms with van der Waals surface area (Å²) in [6.07, 6.45) is 5.23. The van der Waals surface area contributed by atoms with E-state index in [1.165, 1.54) is 0 Å². The lowest BCUT2D eigenvalue weighted by Gasteiger charge is -2.35. The fraction of sp³-hybridized carbons (Fsp3) is 0.429. The molecular weight excluding hydrogens is 266 g/mol. The van der Waals surface area contributed by atoms with Crippen LogP contribution in [-0.4, -0.2) is 60.4 Å². The van der Waals surface area contributed by atoms with Gasteiger partial charge in [-0.1, -0.05) is 0 Å². The van der Waals surface area contributed by atoms with E-state index < -0.39 is 0 Å². The second kappa shape index (κ2) is 5.90. The summed E-state index contributed by atoms with van der Waals surface area (Å²) in [6, 6.07) is 4.03. The van der Waals surface area contributed by atoms with Crippen molar-refractivity contribution in [1.29, 1.82) is 0 Å². The fourth-order valence-electron chi connectivity index (χ4n) is 2.34. The molecule has 110 valence electrons. The summed E-state index contributed by atoms with van der Waals surface area (Å²) in [6.45, 7) is 3.64. The van der Waals surface area contributed by atoms with Crippen LogP contribution in [0.1, 0.15) is 0 Å². The van der Waals surface area contributed by atoms with Crippen molar-refractivity contribution in [2.24, 2.45) is 0 Å². The molecule has 1 aliphatic rings. The Morgan fingerprint density at radius 1 is 0.905 bits per heavy atom. The molecule has 1 aliphatic heterocycles. The van der Waals surface area contributed by atoms with E-state index in [0.29, 0.717) is 0 Å². The highest BCUT2D eigenvalue weighted by Gasteiger charge is 2.19. The van der Waals surface area contributed by atoms with E-state index in [2.05, 4.69) is 30.0 Å². The minimum Gasteiger partial charge on any atom is -0.361 e. The number of hydrogen-bond donors (Lipinski definition) is 0. The van der Waals surface area contributed by atoms with Crippen molar-refractivity contribution in [2.75, 3.05) is 55.0 Å². The molecule has 3 rings (SSSR count). The number of hydrogen-bond acceptors (Lipinski definition) is 7. The van der Waals surface area contributed by atoms with Gasteiger partial charge in [0, 0.05) is 52.7 Å². The van der Waals surface area contributed by atoms with Gasteiger partial charge in [-0.2, -0.15) is 0 Å². The van der Waals surface area contributed by atoms with Crippen LogP contribution >= 0.6 is 0 Å². The van der Waals surface area contributed by atoms with E-state index in [0.717, 1.165) is 43.6 Å². The van der Waals surface area contributed by atoms with E-state index in [-0.39, 0.29) is 0 Å². The second-order valence-corrected chi connectivity index (χ2v) is 5.18. The predicted molar refractivity (Wildman–Crippen MR) is 82.8 cm³/mol. The van der Waals surface area contributed by atoms with Gasteiger partial charge >= 0.3 is 0 Å². The average molecular weight is 285 g/mol. The number of piperazine rings is 1. The normalized spacial score (nSPS) is 15.1. The van der Waals surface area contributed by atoms with Crippen LogP contribution in [0.2, 0.25) is 0 Å². The Morgan fingerprint density at radius 3 is 2.14 bits per heavy atom. The molecule has 7 nitrogen and oxygen atoms in total. The minimum absolute atomic E-state index is 0.872. The first-order valence-electron chi connectivity index (χ1n) is 7.01. The zero-order chi connectivity index (χ0) is 14.7. The van der Waals surface area contributed by atoms with Crippen LogP contribution in [0.15, 0.2) is 30.7 Å². The summed E-state index contributed by atoms with van der Waals surface area (Å²) < 4.78 is 0. The van der Waals surface area contributed by atoms with Crippen LogP contribution in [0, 0.1) is 0 Å². The van der Waals surface area contributed by atoms with E-state index in [9.17, 15) is 0 Å². The monoisotopic (exact) mass is 285 g/mol. The van der Waals surface area contributed by atoms with E-state index >= 15 is 0 Å². The molecule has 0 saturated carbocycles. The molecule has 0 N–H and O–H groups in total. The van der Waals surface area contributed by atoms with Gasteiger partial charge in [0.25, 0.3) is 0 Å². The third-order valence-electron chi connectivity index (χ3n) is 3.57. The lowest BCUT2D eigenvalue weighted by atomic mass is 10.3.